The molecule has 0 aliphatic heterocycles. The summed E-state index contributed by atoms with van der Waals surface area (Å²) in [5, 5.41) is 19.4. The molecule has 2 N–H and O–H groups in total. The standard InChI is InChI=1S/C6H5N5O3.C2H6/c1-2-8-9-6-7-4(12)3(5(13)14)10-11(2)6;1-2/h1H3,(H,13,14)(H,7,9,12);1-2H3. The molecule has 0 unspecified atom stereocenters. The van der Waals surface area contributed by atoms with Crippen LogP contribution in [-0.2, 0) is 0 Å². The minimum absolute atomic E-state index is 0.123. The molecule has 2 aromatic heterocycles. The normalized spacial score (nSPS) is 9.69. The van der Waals surface area contributed by atoms with Gasteiger partial charge in [-0.1, -0.05) is 13.8 Å². The average molecular weight is 225 g/mol. The maximum atomic E-state index is 11.1. The van der Waals surface area contributed by atoms with Gasteiger partial charge in [-0.3, -0.25) is 9.78 Å². The number of aromatic amines is 1. The molecular weight excluding hydrogens is 214 g/mol. The highest BCUT2D eigenvalue weighted by Crippen LogP contribution is 1.94. The fourth-order valence-corrected chi connectivity index (χ4v) is 1.00. The minimum atomic E-state index is -1.39. The van der Waals surface area contributed by atoms with E-state index in [0.29, 0.717) is 5.82 Å². The third-order valence-electron chi connectivity index (χ3n) is 1.64. The van der Waals surface area contributed by atoms with E-state index in [-0.39, 0.29) is 5.78 Å². The van der Waals surface area contributed by atoms with Gasteiger partial charge in [0.05, 0.1) is 0 Å². The lowest BCUT2D eigenvalue weighted by Gasteiger charge is -1.94. The van der Waals surface area contributed by atoms with E-state index in [9.17, 15) is 9.59 Å². The number of hydrogen-bond donors (Lipinski definition) is 2. The molecule has 0 saturated carbocycles. The van der Waals surface area contributed by atoms with Crippen LogP contribution >= 0.6 is 0 Å². The Morgan fingerprint density at radius 1 is 1.38 bits per heavy atom. The summed E-state index contributed by atoms with van der Waals surface area (Å²) in [5.41, 5.74) is -1.38. The molecule has 0 aliphatic rings. The molecule has 2 rings (SSSR count). The van der Waals surface area contributed by atoms with Crippen molar-refractivity contribution < 1.29 is 9.90 Å². The number of carboxylic acids is 1. The average Bonchev–Trinajstić information content (AvgIpc) is 2.61. The van der Waals surface area contributed by atoms with Crippen molar-refractivity contribution in [3.63, 3.8) is 0 Å². The number of aryl methyl sites for hydroxylation is 1. The fourth-order valence-electron chi connectivity index (χ4n) is 1.00. The number of H-pyrrole nitrogens is 1. The van der Waals surface area contributed by atoms with E-state index in [2.05, 4.69) is 20.3 Å². The smallest absolute Gasteiger partial charge is 0.362 e. The lowest BCUT2D eigenvalue weighted by Crippen LogP contribution is -2.22. The van der Waals surface area contributed by atoms with Gasteiger partial charge in [-0.2, -0.15) is 9.61 Å². The lowest BCUT2D eigenvalue weighted by atomic mass is 10.5. The number of carbonyl (C=O) groups is 1. The summed E-state index contributed by atoms with van der Waals surface area (Å²) in [6, 6.07) is 0. The number of aromatic nitrogens is 5. The van der Waals surface area contributed by atoms with Gasteiger partial charge in [0.1, 0.15) is 0 Å². The summed E-state index contributed by atoms with van der Waals surface area (Å²) < 4.78 is 1.16. The Bertz CT molecular complexity index is 571. The van der Waals surface area contributed by atoms with Crippen LogP contribution in [0.4, 0.5) is 0 Å². The van der Waals surface area contributed by atoms with Crippen molar-refractivity contribution in [3.05, 3.63) is 21.9 Å². The first kappa shape index (κ1) is 11.8. The van der Waals surface area contributed by atoms with E-state index < -0.39 is 17.2 Å². The van der Waals surface area contributed by atoms with E-state index >= 15 is 0 Å². The second-order valence-corrected chi connectivity index (χ2v) is 2.59. The van der Waals surface area contributed by atoms with E-state index in [1.807, 2.05) is 13.8 Å². The van der Waals surface area contributed by atoms with Crippen molar-refractivity contribution in [2.24, 2.45) is 0 Å². The quantitative estimate of drug-likeness (QED) is 0.697. The molecule has 2 heterocycles. The van der Waals surface area contributed by atoms with Gasteiger partial charge in [-0.05, 0) is 6.92 Å². The van der Waals surface area contributed by atoms with Gasteiger partial charge >= 0.3 is 5.97 Å². The molecule has 8 nitrogen and oxygen atoms in total. The van der Waals surface area contributed by atoms with E-state index in [4.69, 9.17) is 5.11 Å². The molecule has 0 atom stereocenters. The molecule has 8 heteroatoms. The Morgan fingerprint density at radius 2 is 2.00 bits per heavy atom. The van der Waals surface area contributed by atoms with Crippen LogP contribution in [0, 0.1) is 6.92 Å². The molecule has 16 heavy (non-hydrogen) atoms. The molecule has 0 fully saturated rings. The van der Waals surface area contributed by atoms with Crippen LogP contribution in [0.25, 0.3) is 5.78 Å². The van der Waals surface area contributed by atoms with Crippen LogP contribution < -0.4 is 5.56 Å². The summed E-state index contributed by atoms with van der Waals surface area (Å²) in [4.78, 5) is 23.9. The van der Waals surface area contributed by atoms with Crippen LogP contribution in [-0.4, -0.2) is 35.9 Å². The molecule has 0 amide bonds. The van der Waals surface area contributed by atoms with E-state index in [0.717, 1.165) is 4.52 Å². The number of hydrogen-bond acceptors (Lipinski definition) is 5. The maximum absolute atomic E-state index is 11.1. The number of nitrogens with zero attached hydrogens (tertiary/aromatic N) is 4. The molecule has 0 bridgehead atoms. The lowest BCUT2D eigenvalue weighted by molar-refractivity contribution is 0.0686. The molecule has 0 spiro atoms. The third-order valence-corrected chi connectivity index (χ3v) is 1.64. The molecule has 86 valence electrons. The molecule has 0 aliphatic carbocycles. The summed E-state index contributed by atoms with van der Waals surface area (Å²) in [6.45, 7) is 5.59. The highest BCUT2D eigenvalue weighted by atomic mass is 16.4. The minimum Gasteiger partial charge on any atom is -0.476 e. The summed E-state index contributed by atoms with van der Waals surface area (Å²) >= 11 is 0. The molecule has 0 radical (unpaired) electrons. The SMILES string of the molecule is CC.Cc1nnc2[nH]c(=O)c(C(=O)O)nn12. The van der Waals surface area contributed by atoms with Crippen molar-refractivity contribution in [2.45, 2.75) is 20.8 Å². The van der Waals surface area contributed by atoms with Crippen molar-refractivity contribution in [2.75, 3.05) is 0 Å². The van der Waals surface area contributed by atoms with Crippen molar-refractivity contribution in [1.82, 2.24) is 24.8 Å². The third kappa shape index (κ3) is 1.90. The Hall–Kier alpha value is -2.25. The van der Waals surface area contributed by atoms with Gasteiger partial charge < -0.3 is 5.11 Å². The molecule has 2 aromatic rings. The fraction of sp³-hybridized carbons (Fsp3) is 0.375. The van der Waals surface area contributed by atoms with Crippen molar-refractivity contribution in [1.29, 1.82) is 0 Å². The summed E-state index contributed by atoms with van der Waals surface area (Å²) in [5.74, 6) is -0.863. The van der Waals surface area contributed by atoms with Crippen LogP contribution in [0.2, 0.25) is 0 Å². The van der Waals surface area contributed by atoms with E-state index in [1.54, 1.807) is 6.92 Å². The summed E-state index contributed by atoms with van der Waals surface area (Å²) in [6.07, 6.45) is 0. The van der Waals surface area contributed by atoms with Crippen LogP contribution in [0.1, 0.15) is 30.2 Å². The Labute approximate surface area is 89.9 Å². The Morgan fingerprint density at radius 3 is 2.56 bits per heavy atom. The number of aromatic carboxylic acids is 1. The maximum Gasteiger partial charge on any atom is 0.362 e. The predicted molar refractivity (Wildman–Crippen MR) is 54.4 cm³/mol. The van der Waals surface area contributed by atoms with Crippen LogP contribution in [0.5, 0.6) is 0 Å². The number of rotatable bonds is 1. The van der Waals surface area contributed by atoms with Gasteiger partial charge in [-0.15, -0.1) is 10.2 Å². The van der Waals surface area contributed by atoms with Gasteiger partial charge in [0.15, 0.2) is 5.82 Å². The Balaban J connectivity index is 0.000000606. The van der Waals surface area contributed by atoms with E-state index in [1.165, 1.54) is 0 Å². The largest absolute Gasteiger partial charge is 0.476 e. The summed E-state index contributed by atoms with van der Waals surface area (Å²) in [7, 11) is 0. The second kappa shape index (κ2) is 4.51. The molecular formula is C8H11N5O3. The number of nitrogens with one attached hydrogen (secondary N) is 1. The molecule has 0 aromatic carbocycles. The topological polar surface area (TPSA) is 113 Å². The highest BCUT2D eigenvalue weighted by Gasteiger charge is 2.14. The number of carboxylic acid groups (broad SMARTS) is 1. The Kier molecular flexibility index (Phi) is 3.33. The highest BCUT2D eigenvalue weighted by molar-refractivity contribution is 5.84. The van der Waals surface area contributed by atoms with Crippen molar-refractivity contribution in [3.8, 4) is 0 Å². The first-order chi connectivity index (χ1) is 7.59. The first-order valence-corrected chi connectivity index (χ1v) is 4.65. The van der Waals surface area contributed by atoms with Gasteiger partial charge in [0.25, 0.3) is 11.3 Å². The monoisotopic (exact) mass is 225 g/mol. The first-order valence-electron chi connectivity index (χ1n) is 4.65. The van der Waals surface area contributed by atoms with Gasteiger partial charge in [0.2, 0.25) is 5.69 Å². The zero-order chi connectivity index (χ0) is 12.3. The van der Waals surface area contributed by atoms with Gasteiger partial charge in [0, 0.05) is 0 Å². The van der Waals surface area contributed by atoms with Crippen LogP contribution in [0.3, 0.4) is 0 Å². The van der Waals surface area contributed by atoms with Crippen LogP contribution in [0.15, 0.2) is 4.79 Å². The van der Waals surface area contributed by atoms with Gasteiger partial charge in [-0.25, -0.2) is 4.79 Å². The number of fused-ring (bicyclic) bond motifs is 1. The zero-order valence-corrected chi connectivity index (χ0v) is 9.05. The molecule has 0 saturated heterocycles. The van der Waals surface area contributed by atoms with Crippen molar-refractivity contribution >= 4 is 11.7 Å². The predicted octanol–water partition coefficient (Wildman–Crippen LogP) is -0.155. The second-order valence-electron chi connectivity index (χ2n) is 2.59. The zero-order valence-electron chi connectivity index (χ0n) is 9.05.